The number of rotatable bonds is 4. The van der Waals surface area contributed by atoms with E-state index < -0.39 is 0 Å². The van der Waals surface area contributed by atoms with Gasteiger partial charge in [0, 0.05) is 5.56 Å². The predicted octanol–water partition coefficient (Wildman–Crippen LogP) is 3.68. The first kappa shape index (κ1) is 13.3. The van der Waals surface area contributed by atoms with Gasteiger partial charge in [0.25, 0.3) is 0 Å². The van der Waals surface area contributed by atoms with Crippen LogP contribution in [0, 0.1) is 0 Å². The molecule has 1 aromatic carbocycles. The van der Waals surface area contributed by atoms with Crippen molar-refractivity contribution in [2.75, 3.05) is 7.11 Å². The lowest BCUT2D eigenvalue weighted by molar-refractivity contribution is 0.101. The van der Waals surface area contributed by atoms with Crippen molar-refractivity contribution in [3.63, 3.8) is 0 Å². The van der Waals surface area contributed by atoms with Crippen molar-refractivity contribution in [3.8, 4) is 17.1 Å². The minimum atomic E-state index is -0.0573. The van der Waals surface area contributed by atoms with Crippen LogP contribution in [0.15, 0.2) is 28.9 Å². The molecule has 1 heterocycles. The van der Waals surface area contributed by atoms with E-state index in [1.807, 2.05) is 18.2 Å². The Morgan fingerprint density at radius 1 is 1.37 bits per heavy atom. The van der Waals surface area contributed by atoms with Crippen LogP contribution in [0.1, 0.15) is 42.6 Å². The van der Waals surface area contributed by atoms with Crippen LogP contribution >= 0.6 is 0 Å². The van der Waals surface area contributed by atoms with Gasteiger partial charge in [-0.05, 0) is 36.6 Å². The Hall–Kier alpha value is -2.10. The van der Waals surface area contributed by atoms with Gasteiger partial charge in [-0.15, -0.1) is 0 Å². The van der Waals surface area contributed by atoms with Gasteiger partial charge in [0.1, 0.15) is 5.75 Å². The van der Waals surface area contributed by atoms with E-state index >= 15 is 0 Å². The molecule has 0 spiro atoms. The maximum atomic E-state index is 11.5. The standard InChI is InChI=1S/C15H17NO3/c1-9(2)12-7-11(5-6-14(12)18-4)15-13(10(3)17)8-16-19-15/h5-9H,1-4H3. The van der Waals surface area contributed by atoms with Gasteiger partial charge < -0.3 is 9.26 Å². The first-order chi connectivity index (χ1) is 9.04. The van der Waals surface area contributed by atoms with Gasteiger partial charge in [0.2, 0.25) is 0 Å². The fourth-order valence-corrected chi connectivity index (χ4v) is 2.03. The fourth-order valence-electron chi connectivity index (χ4n) is 2.03. The van der Waals surface area contributed by atoms with Gasteiger partial charge >= 0.3 is 0 Å². The SMILES string of the molecule is COc1ccc(-c2oncc2C(C)=O)cc1C(C)C. The van der Waals surface area contributed by atoms with E-state index in [-0.39, 0.29) is 5.78 Å². The van der Waals surface area contributed by atoms with Crippen LogP contribution in [0.3, 0.4) is 0 Å². The Bertz CT molecular complexity index is 599. The van der Waals surface area contributed by atoms with Crippen molar-refractivity contribution < 1.29 is 14.1 Å². The second-order valence-corrected chi connectivity index (χ2v) is 4.74. The van der Waals surface area contributed by atoms with Crippen molar-refractivity contribution in [2.45, 2.75) is 26.7 Å². The van der Waals surface area contributed by atoms with Crippen molar-refractivity contribution >= 4 is 5.78 Å². The zero-order chi connectivity index (χ0) is 14.0. The molecule has 0 unspecified atom stereocenters. The molecular weight excluding hydrogens is 242 g/mol. The molecule has 4 nitrogen and oxygen atoms in total. The molecule has 4 heteroatoms. The number of aromatic nitrogens is 1. The van der Waals surface area contributed by atoms with E-state index in [4.69, 9.17) is 9.26 Å². The molecule has 2 rings (SSSR count). The molecule has 0 saturated heterocycles. The van der Waals surface area contributed by atoms with Crippen molar-refractivity contribution in [2.24, 2.45) is 0 Å². The van der Waals surface area contributed by atoms with E-state index in [9.17, 15) is 4.79 Å². The number of Topliss-reactive ketones (excluding diaryl/α,β-unsaturated/α-hetero) is 1. The topological polar surface area (TPSA) is 52.3 Å². The zero-order valence-electron chi connectivity index (χ0n) is 11.6. The Labute approximate surface area is 112 Å². The highest BCUT2D eigenvalue weighted by atomic mass is 16.5. The highest BCUT2D eigenvalue weighted by Gasteiger charge is 2.17. The fraction of sp³-hybridized carbons (Fsp3) is 0.333. The van der Waals surface area contributed by atoms with Gasteiger partial charge in [0.15, 0.2) is 11.5 Å². The average Bonchev–Trinajstić information content (AvgIpc) is 2.87. The molecule has 0 fully saturated rings. The molecule has 19 heavy (non-hydrogen) atoms. The van der Waals surface area contributed by atoms with E-state index in [2.05, 4.69) is 19.0 Å². The molecular formula is C15H17NO3. The van der Waals surface area contributed by atoms with Gasteiger partial charge in [-0.1, -0.05) is 19.0 Å². The molecule has 0 N–H and O–H groups in total. The summed E-state index contributed by atoms with van der Waals surface area (Å²) in [7, 11) is 1.65. The van der Waals surface area contributed by atoms with E-state index in [0.717, 1.165) is 16.9 Å². The smallest absolute Gasteiger partial charge is 0.177 e. The van der Waals surface area contributed by atoms with Crippen molar-refractivity contribution in [1.29, 1.82) is 0 Å². The zero-order valence-corrected chi connectivity index (χ0v) is 11.6. The van der Waals surface area contributed by atoms with Crippen molar-refractivity contribution in [1.82, 2.24) is 5.16 Å². The monoisotopic (exact) mass is 259 g/mol. The Balaban J connectivity index is 2.54. The molecule has 0 bridgehead atoms. The number of hydrogen-bond donors (Lipinski definition) is 0. The summed E-state index contributed by atoms with van der Waals surface area (Å²) in [6.07, 6.45) is 1.46. The van der Waals surface area contributed by atoms with Crippen LogP contribution in [0.25, 0.3) is 11.3 Å². The molecule has 0 aliphatic carbocycles. The van der Waals surface area contributed by atoms with Crippen molar-refractivity contribution in [3.05, 3.63) is 35.5 Å². The molecule has 1 aromatic heterocycles. The summed E-state index contributed by atoms with van der Waals surface area (Å²) in [5.74, 6) is 1.61. The molecule has 0 amide bonds. The lowest BCUT2D eigenvalue weighted by Crippen LogP contribution is -1.96. The van der Waals surface area contributed by atoms with Crippen LogP contribution in [0.2, 0.25) is 0 Å². The van der Waals surface area contributed by atoms with Crippen LogP contribution in [-0.2, 0) is 0 Å². The second-order valence-electron chi connectivity index (χ2n) is 4.74. The Kier molecular flexibility index (Phi) is 3.69. The third kappa shape index (κ3) is 2.52. The van der Waals surface area contributed by atoms with E-state index in [1.54, 1.807) is 7.11 Å². The highest BCUT2D eigenvalue weighted by molar-refractivity contribution is 5.99. The second kappa shape index (κ2) is 5.26. The van der Waals surface area contributed by atoms with Crippen LogP contribution < -0.4 is 4.74 Å². The summed E-state index contributed by atoms with van der Waals surface area (Å²) in [6, 6.07) is 5.74. The highest BCUT2D eigenvalue weighted by Crippen LogP contribution is 2.32. The molecule has 0 saturated carbocycles. The van der Waals surface area contributed by atoms with Crippen LogP contribution in [0.4, 0.5) is 0 Å². The summed E-state index contributed by atoms with van der Waals surface area (Å²) < 4.78 is 10.6. The molecule has 0 aliphatic heterocycles. The number of carbonyl (C=O) groups excluding carboxylic acids is 1. The van der Waals surface area contributed by atoms with E-state index in [1.165, 1.54) is 13.1 Å². The minimum Gasteiger partial charge on any atom is -0.496 e. The van der Waals surface area contributed by atoms with Gasteiger partial charge in [-0.25, -0.2) is 0 Å². The van der Waals surface area contributed by atoms with Crippen LogP contribution in [-0.4, -0.2) is 18.0 Å². The molecule has 2 aromatic rings. The predicted molar refractivity (Wildman–Crippen MR) is 72.6 cm³/mol. The Morgan fingerprint density at radius 2 is 2.11 bits per heavy atom. The summed E-state index contributed by atoms with van der Waals surface area (Å²) in [5.41, 5.74) is 2.41. The van der Waals surface area contributed by atoms with Gasteiger partial charge in [0.05, 0.1) is 18.9 Å². The lowest BCUT2D eigenvalue weighted by Gasteiger charge is -2.12. The summed E-state index contributed by atoms with van der Waals surface area (Å²) >= 11 is 0. The molecule has 0 radical (unpaired) electrons. The number of ketones is 1. The normalized spacial score (nSPS) is 10.8. The third-order valence-electron chi connectivity index (χ3n) is 3.06. The number of carbonyl (C=O) groups is 1. The molecule has 0 atom stereocenters. The number of benzene rings is 1. The molecule has 0 aliphatic rings. The van der Waals surface area contributed by atoms with Gasteiger partial charge in [-0.3, -0.25) is 4.79 Å². The van der Waals surface area contributed by atoms with E-state index in [0.29, 0.717) is 17.2 Å². The number of methoxy groups -OCH3 is 1. The summed E-state index contributed by atoms with van der Waals surface area (Å²) in [5, 5.41) is 3.71. The minimum absolute atomic E-state index is 0.0573. The maximum Gasteiger partial charge on any atom is 0.177 e. The molecule has 100 valence electrons. The number of ether oxygens (including phenoxy) is 1. The lowest BCUT2D eigenvalue weighted by atomic mass is 9.97. The summed E-state index contributed by atoms with van der Waals surface area (Å²) in [4.78, 5) is 11.5. The third-order valence-corrected chi connectivity index (χ3v) is 3.06. The number of nitrogens with zero attached hydrogens (tertiary/aromatic N) is 1. The maximum absolute atomic E-state index is 11.5. The number of hydrogen-bond acceptors (Lipinski definition) is 4. The average molecular weight is 259 g/mol. The first-order valence-electron chi connectivity index (χ1n) is 6.18. The largest absolute Gasteiger partial charge is 0.496 e. The van der Waals surface area contributed by atoms with Crippen LogP contribution in [0.5, 0.6) is 5.75 Å². The quantitative estimate of drug-likeness (QED) is 0.786. The van der Waals surface area contributed by atoms with Gasteiger partial charge in [-0.2, -0.15) is 0 Å². The summed E-state index contributed by atoms with van der Waals surface area (Å²) in [6.45, 7) is 5.69. The Morgan fingerprint density at radius 3 is 2.68 bits per heavy atom. The first-order valence-corrected chi connectivity index (χ1v) is 6.18.